The van der Waals surface area contributed by atoms with Gasteiger partial charge in [-0.1, -0.05) is 6.07 Å². The summed E-state index contributed by atoms with van der Waals surface area (Å²) in [6.07, 6.45) is -9.31. The van der Waals surface area contributed by atoms with Crippen LogP contribution >= 0.6 is 0 Å². The number of ether oxygens (including phenoxy) is 2. The normalized spacial score (nSPS) is 15.1. The second kappa shape index (κ2) is 7.41. The second-order valence-corrected chi connectivity index (χ2v) is 6.09. The van der Waals surface area contributed by atoms with Crippen LogP contribution in [0.4, 0.5) is 32.2 Å². The van der Waals surface area contributed by atoms with Gasteiger partial charge in [0.2, 0.25) is 5.88 Å². The SMILES string of the molecule is COC(=O)c1cc(C(F)(F)F)cnc1N1CC(Oc2cccc(C(F)(F)F)n2)C1. The highest BCUT2D eigenvalue weighted by Gasteiger charge is 2.37. The molecular formula is C17H13F6N3O3. The van der Waals surface area contributed by atoms with Gasteiger partial charge >= 0.3 is 18.3 Å². The third-order valence-electron chi connectivity index (χ3n) is 4.05. The molecule has 29 heavy (non-hydrogen) atoms. The van der Waals surface area contributed by atoms with Crippen LogP contribution < -0.4 is 9.64 Å². The van der Waals surface area contributed by atoms with Crippen molar-refractivity contribution in [3.8, 4) is 5.88 Å². The molecule has 3 rings (SSSR count). The predicted octanol–water partition coefficient (Wildman–Crippen LogP) is 3.57. The zero-order valence-corrected chi connectivity index (χ0v) is 14.7. The molecule has 1 fully saturated rings. The van der Waals surface area contributed by atoms with Gasteiger partial charge in [-0.15, -0.1) is 0 Å². The molecule has 0 radical (unpaired) electrons. The molecule has 0 aromatic carbocycles. The average molecular weight is 421 g/mol. The van der Waals surface area contributed by atoms with Crippen molar-refractivity contribution in [1.82, 2.24) is 9.97 Å². The molecule has 12 heteroatoms. The van der Waals surface area contributed by atoms with Gasteiger partial charge in [-0.3, -0.25) is 0 Å². The molecule has 156 valence electrons. The Morgan fingerprint density at radius 1 is 1.14 bits per heavy atom. The van der Waals surface area contributed by atoms with Crippen LogP contribution in [0.3, 0.4) is 0 Å². The molecule has 6 nitrogen and oxygen atoms in total. The van der Waals surface area contributed by atoms with E-state index < -0.39 is 35.7 Å². The van der Waals surface area contributed by atoms with E-state index in [9.17, 15) is 31.1 Å². The first-order valence-corrected chi connectivity index (χ1v) is 8.10. The molecular weight excluding hydrogens is 408 g/mol. The van der Waals surface area contributed by atoms with Crippen LogP contribution in [-0.4, -0.2) is 42.2 Å². The Morgan fingerprint density at radius 2 is 1.83 bits per heavy atom. The van der Waals surface area contributed by atoms with Gasteiger partial charge in [0.1, 0.15) is 23.2 Å². The minimum absolute atomic E-state index is 0.0401. The molecule has 1 aliphatic rings. The van der Waals surface area contributed by atoms with Crippen LogP contribution in [0.2, 0.25) is 0 Å². The Hall–Kier alpha value is -3.05. The monoisotopic (exact) mass is 421 g/mol. The zero-order chi connectivity index (χ0) is 21.4. The maximum atomic E-state index is 12.9. The lowest BCUT2D eigenvalue weighted by atomic mass is 10.1. The minimum Gasteiger partial charge on any atom is -0.471 e. The van der Waals surface area contributed by atoms with Gasteiger partial charge in [0.15, 0.2) is 0 Å². The lowest BCUT2D eigenvalue weighted by Gasteiger charge is -2.40. The van der Waals surface area contributed by atoms with E-state index in [-0.39, 0.29) is 30.4 Å². The Kier molecular flexibility index (Phi) is 5.28. The van der Waals surface area contributed by atoms with Gasteiger partial charge in [-0.25, -0.2) is 14.8 Å². The fourth-order valence-corrected chi connectivity index (χ4v) is 2.62. The molecule has 2 aromatic rings. The maximum absolute atomic E-state index is 12.9. The number of alkyl halides is 6. The van der Waals surface area contributed by atoms with Crippen molar-refractivity contribution < 1.29 is 40.6 Å². The summed E-state index contributed by atoms with van der Waals surface area (Å²) in [6.45, 7) is 0.167. The molecule has 0 atom stereocenters. The van der Waals surface area contributed by atoms with Crippen molar-refractivity contribution in [2.75, 3.05) is 25.1 Å². The van der Waals surface area contributed by atoms with Gasteiger partial charge in [0, 0.05) is 12.3 Å². The smallest absolute Gasteiger partial charge is 0.433 e. The summed E-state index contributed by atoms with van der Waals surface area (Å²) in [7, 11) is 1.02. The minimum atomic E-state index is -4.69. The molecule has 1 saturated heterocycles. The maximum Gasteiger partial charge on any atom is 0.433 e. The first-order chi connectivity index (χ1) is 13.5. The predicted molar refractivity (Wildman–Crippen MR) is 86.4 cm³/mol. The Morgan fingerprint density at radius 3 is 2.41 bits per heavy atom. The molecule has 2 aromatic heterocycles. The highest BCUT2D eigenvalue weighted by atomic mass is 19.4. The molecule has 0 N–H and O–H groups in total. The van der Waals surface area contributed by atoms with E-state index in [1.165, 1.54) is 11.0 Å². The first-order valence-electron chi connectivity index (χ1n) is 8.10. The van der Waals surface area contributed by atoms with Crippen molar-refractivity contribution >= 4 is 11.8 Å². The quantitative estimate of drug-likeness (QED) is 0.556. The van der Waals surface area contributed by atoms with E-state index in [4.69, 9.17) is 4.74 Å². The number of aromatic nitrogens is 2. The van der Waals surface area contributed by atoms with Gasteiger partial charge in [0.25, 0.3) is 0 Å². The number of hydrogen-bond donors (Lipinski definition) is 0. The second-order valence-electron chi connectivity index (χ2n) is 6.09. The van der Waals surface area contributed by atoms with E-state index in [0.717, 1.165) is 19.2 Å². The van der Waals surface area contributed by atoms with Gasteiger partial charge < -0.3 is 14.4 Å². The summed E-state index contributed by atoms with van der Waals surface area (Å²) < 4.78 is 86.6. The van der Waals surface area contributed by atoms with Gasteiger partial charge in [0.05, 0.1) is 25.8 Å². The number of carbonyl (C=O) groups excluding carboxylic acids is 1. The molecule has 3 heterocycles. The van der Waals surface area contributed by atoms with E-state index in [1.54, 1.807) is 0 Å². The summed E-state index contributed by atoms with van der Waals surface area (Å²) in [5, 5.41) is 0. The topological polar surface area (TPSA) is 64.5 Å². The van der Waals surface area contributed by atoms with Crippen LogP contribution in [0.15, 0.2) is 30.5 Å². The molecule has 1 aliphatic heterocycles. The van der Waals surface area contributed by atoms with E-state index in [2.05, 4.69) is 14.7 Å². The molecule has 0 bridgehead atoms. The number of anilines is 1. The lowest BCUT2D eigenvalue weighted by molar-refractivity contribution is -0.141. The van der Waals surface area contributed by atoms with Crippen LogP contribution in [0, 0.1) is 0 Å². The third-order valence-corrected chi connectivity index (χ3v) is 4.05. The number of pyridine rings is 2. The van der Waals surface area contributed by atoms with Crippen molar-refractivity contribution in [3.63, 3.8) is 0 Å². The van der Waals surface area contributed by atoms with Crippen LogP contribution in [-0.2, 0) is 17.1 Å². The number of nitrogens with zero attached hydrogens (tertiary/aromatic N) is 3. The highest BCUT2D eigenvalue weighted by molar-refractivity contribution is 5.95. The summed E-state index contributed by atoms with van der Waals surface area (Å²) in [5.41, 5.74) is -2.59. The highest BCUT2D eigenvalue weighted by Crippen LogP contribution is 2.34. The summed E-state index contributed by atoms with van der Waals surface area (Å²) in [4.78, 5) is 20.4. The van der Waals surface area contributed by atoms with E-state index in [1.807, 2.05) is 0 Å². The Bertz CT molecular complexity index is 910. The number of hydrogen-bond acceptors (Lipinski definition) is 6. The average Bonchev–Trinajstić information content (AvgIpc) is 2.62. The standard InChI is InChI=1S/C17H13F6N3O3/c1-28-15(27)11-5-9(16(18,19)20)6-24-14(11)26-7-10(8-26)29-13-4-2-3-12(25-13)17(21,22)23/h2-6,10H,7-8H2,1H3. The Labute approximate surface area is 160 Å². The number of carbonyl (C=O) groups is 1. The fourth-order valence-electron chi connectivity index (χ4n) is 2.62. The van der Waals surface area contributed by atoms with Crippen molar-refractivity contribution in [2.24, 2.45) is 0 Å². The van der Waals surface area contributed by atoms with Crippen molar-refractivity contribution in [2.45, 2.75) is 18.5 Å². The molecule has 0 spiro atoms. The van der Waals surface area contributed by atoms with Crippen LogP contribution in [0.25, 0.3) is 0 Å². The number of halogens is 6. The summed E-state index contributed by atoms with van der Waals surface area (Å²) in [5.74, 6) is -1.28. The number of rotatable bonds is 4. The zero-order valence-electron chi connectivity index (χ0n) is 14.7. The molecule has 0 unspecified atom stereocenters. The number of esters is 1. The van der Waals surface area contributed by atoms with Gasteiger partial charge in [-0.05, 0) is 12.1 Å². The van der Waals surface area contributed by atoms with Gasteiger partial charge in [-0.2, -0.15) is 26.3 Å². The Balaban J connectivity index is 1.73. The fraction of sp³-hybridized carbons (Fsp3) is 0.353. The van der Waals surface area contributed by atoms with Crippen LogP contribution in [0.1, 0.15) is 21.6 Å². The third kappa shape index (κ3) is 4.51. The molecule has 0 saturated carbocycles. The lowest BCUT2D eigenvalue weighted by Crippen LogP contribution is -2.54. The van der Waals surface area contributed by atoms with Crippen LogP contribution in [0.5, 0.6) is 5.88 Å². The van der Waals surface area contributed by atoms with Crippen molar-refractivity contribution in [3.05, 3.63) is 47.3 Å². The summed E-state index contributed by atoms with van der Waals surface area (Å²) in [6, 6.07) is 3.84. The molecule has 0 amide bonds. The molecule has 0 aliphatic carbocycles. The summed E-state index contributed by atoms with van der Waals surface area (Å²) >= 11 is 0. The number of methoxy groups -OCH3 is 1. The van der Waals surface area contributed by atoms with E-state index >= 15 is 0 Å². The van der Waals surface area contributed by atoms with E-state index in [0.29, 0.717) is 12.3 Å². The first kappa shape index (κ1) is 20.7. The largest absolute Gasteiger partial charge is 0.471 e. The van der Waals surface area contributed by atoms with Crippen molar-refractivity contribution in [1.29, 1.82) is 0 Å².